The van der Waals surface area contributed by atoms with Crippen LogP contribution < -0.4 is 15.8 Å². The van der Waals surface area contributed by atoms with E-state index in [2.05, 4.69) is 10.3 Å². The van der Waals surface area contributed by atoms with Crippen molar-refractivity contribution in [3.63, 3.8) is 0 Å². The topological polar surface area (TPSA) is 104 Å². The fourth-order valence-electron chi connectivity index (χ4n) is 2.79. The number of hydrogen-bond acceptors (Lipinski definition) is 5. The largest absolute Gasteiger partial charge is 0.492 e. The first-order valence-electron chi connectivity index (χ1n) is 8.60. The van der Waals surface area contributed by atoms with E-state index in [1.165, 1.54) is 6.20 Å². The number of nitrogens with two attached hydrogens (primary N) is 1. The van der Waals surface area contributed by atoms with Crippen LogP contribution in [0.1, 0.15) is 56.8 Å². The first-order chi connectivity index (χ1) is 11.7. The van der Waals surface area contributed by atoms with Gasteiger partial charge in [-0.25, -0.2) is 4.79 Å². The monoisotopic (exact) mass is 349 g/mol. The maximum absolute atomic E-state index is 11.8. The highest BCUT2D eigenvalue weighted by Gasteiger charge is 2.25. The standard InChI is InChI=1S/C18H27N3O4/c1-18(2,3)25-17(23)21-14-6-4-12(5-7-14)11-24-15-8-13(16(19)22)9-20-10-15/h8-10,12,14H,4-7,11H2,1-3H3,(H2,19,22)(H,21,23)/t12-,14-. The molecule has 0 spiro atoms. The molecule has 0 aromatic carbocycles. The Labute approximate surface area is 148 Å². The van der Waals surface area contributed by atoms with E-state index < -0.39 is 11.5 Å². The van der Waals surface area contributed by atoms with E-state index in [-0.39, 0.29) is 12.1 Å². The molecule has 138 valence electrons. The maximum atomic E-state index is 11.8. The molecule has 1 saturated carbocycles. The predicted molar refractivity (Wildman–Crippen MR) is 93.4 cm³/mol. The second kappa shape index (κ2) is 8.18. The van der Waals surface area contributed by atoms with Crippen LogP contribution in [0.3, 0.4) is 0 Å². The van der Waals surface area contributed by atoms with Crippen molar-refractivity contribution in [3.8, 4) is 5.75 Å². The van der Waals surface area contributed by atoms with Crippen molar-refractivity contribution in [2.45, 2.75) is 58.1 Å². The lowest BCUT2D eigenvalue weighted by atomic mass is 9.86. The number of pyridine rings is 1. The lowest BCUT2D eigenvalue weighted by Gasteiger charge is -2.30. The molecule has 1 aliphatic carbocycles. The van der Waals surface area contributed by atoms with Gasteiger partial charge in [-0.2, -0.15) is 0 Å². The molecule has 7 nitrogen and oxygen atoms in total. The Hall–Kier alpha value is -2.31. The van der Waals surface area contributed by atoms with Crippen molar-refractivity contribution >= 4 is 12.0 Å². The molecule has 0 unspecified atom stereocenters. The second-order valence-electron chi connectivity index (χ2n) is 7.45. The number of nitrogens with zero attached hydrogens (tertiary/aromatic N) is 1. The number of primary amides is 1. The van der Waals surface area contributed by atoms with Gasteiger partial charge >= 0.3 is 6.09 Å². The van der Waals surface area contributed by atoms with Crippen molar-refractivity contribution in [1.29, 1.82) is 0 Å². The summed E-state index contributed by atoms with van der Waals surface area (Å²) in [6, 6.07) is 1.75. The summed E-state index contributed by atoms with van der Waals surface area (Å²) in [5.74, 6) is 0.436. The third-order valence-electron chi connectivity index (χ3n) is 4.05. The normalized spacial score (nSPS) is 20.6. The summed E-state index contributed by atoms with van der Waals surface area (Å²) >= 11 is 0. The van der Waals surface area contributed by atoms with Crippen molar-refractivity contribution < 1.29 is 19.1 Å². The molecule has 1 fully saturated rings. The van der Waals surface area contributed by atoms with Crippen LogP contribution in [0.4, 0.5) is 4.79 Å². The molecule has 0 atom stereocenters. The lowest BCUT2D eigenvalue weighted by Crippen LogP contribution is -2.41. The fraction of sp³-hybridized carbons (Fsp3) is 0.611. The van der Waals surface area contributed by atoms with Gasteiger partial charge in [-0.15, -0.1) is 0 Å². The highest BCUT2D eigenvalue weighted by atomic mass is 16.6. The average Bonchev–Trinajstić information content (AvgIpc) is 2.52. The Morgan fingerprint density at radius 3 is 2.52 bits per heavy atom. The van der Waals surface area contributed by atoms with Crippen LogP contribution >= 0.6 is 0 Å². The van der Waals surface area contributed by atoms with E-state index in [1.54, 1.807) is 12.3 Å². The first kappa shape index (κ1) is 19.0. The second-order valence-corrected chi connectivity index (χ2v) is 7.45. The van der Waals surface area contributed by atoms with Gasteiger partial charge in [-0.05, 0) is 58.4 Å². The zero-order valence-electron chi connectivity index (χ0n) is 15.1. The number of carbonyl (C=O) groups is 2. The number of carbonyl (C=O) groups excluding carboxylic acids is 2. The van der Waals surface area contributed by atoms with E-state index in [9.17, 15) is 9.59 Å². The highest BCUT2D eigenvalue weighted by Crippen LogP contribution is 2.25. The summed E-state index contributed by atoms with van der Waals surface area (Å²) in [6.45, 7) is 6.11. The highest BCUT2D eigenvalue weighted by molar-refractivity contribution is 5.92. The smallest absolute Gasteiger partial charge is 0.407 e. The third-order valence-corrected chi connectivity index (χ3v) is 4.05. The van der Waals surface area contributed by atoms with Crippen LogP contribution in [0.15, 0.2) is 18.5 Å². The number of amides is 2. The van der Waals surface area contributed by atoms with E-state index in [0.717, 1.165) is 25.7 Å². The Morgan fingerprint density at radius 1 is 1.24 bits per heavy atom. The molecule has 1 heterocycles. The average molecular weight is 349 g/mol. The molecule has 2 amide bonds. The zero-order chi connectivity index (χ0) is 18.4. The molecule has 1 aliphatic rings. The minimum absolute atomic E-state index is 0.144. The predicted octanol–water partition coefficient (Wildman–Crippen LogP) is 2.64. The van der Waals surface area contributed by atoms with Gasteiger partial charge in [0.25, 0.3) is 0 Å². The summed E-state index contributed by atoms with van der Waals surface area (Å²) < 4.78 is 11.0. The van der Waals surface area contributed by atoms with Gasteiger partial charge in [0, 0.05) is 12.2 Å². The summed E-state index contributed by atoms with van der Waals surface area (Å²) in [5.41, 5.74) is 5.09. The minimum Gasteiger partial charge on any atom is -0.492 e. The van der Waals surface area contributed by atoms with E-state index >= 15 is 0 Å². The molecule has 0 radical (unpaired) electrons. The van der Waals surface area contributed by atoms with Crippen molar-refractivity contribution in [3.05, 3.63) is 24.0 Å². The lowest BCUT2D eigenvalue weighted by molar-refractivity contribution is 0.0483. The van der Waals surface area contributed by atoms with Crippen LogP contribution in [0.25, 0.3) is 0 Å². The number of ether oxygens (including phenoxy) is 2. The van der Waals surface area contributed by atoms with Gasteiger partial charge in [-0.3, -0.25) is 9.78 Å². The molecule has 0 bridgehead atoms. The number of alkyl carbamates (subject to hydrolysis) is 1. The van der Waals surface area contributed by atoms with Crippen LogP contribution in [0, 0.1) is 5.92 Å². The third kappa shape index (κ3) is 6.60. The van der Waals surface area contributed by atoms with Crippen LogP contribution in [-0.2, 0) is 4.74 Å². The quantitative estimate of drug-likeness (QED) is 0.850. The molecular weight excluding hydrogens is 322 g/mol. The Kier molecular flexibility index (Phi) is 6.22. The first-order valence-corrected chi connectivity index (χ1v) is 8.60. The molecule has 7 heteroatoms. The van der Waals surface area contributed by atoms with E-state index in [4.69, 9.17) is 15.2 Å². The summed E-state index contributed by atoms with van der Waals surface area (Å²) in [4.78, 5) is 26.9. The Bertz CT molecular complexity index is 605. The van der Waals surface area contributed by atoms with E-state index in [1.807, 2.05) is 20.8 Å². The van der Waals surface area contributed by atoms with Crippen molar-refractivity contribution in [1.82, 2.24) is 10.3 Å². The molecule has 3 N–H and O–H groups in total. The van der Waals surface area contributed by atoms with Crippen LogP contribution in [-0.4, -0.2) is 35.2 Å². The van der Waals surface area contributed by atoms with Gasteiger partial charge in [-0.1, -0.05) is 0 Å². The molecular formula is C18H27N3O4. The maximum Gasteiger partial charge on any atom is 0.407 e. The molecule has 0 saturated heterocycles. The van der Waals surface area contributed by atoms with Gasteiger partial charge in [0.15, 0.2) is 0 Å². The summed E-state index contributed by atoms with van der Waals surface area (Å²) in [7, 11) is 0. The van der Waals surface area contributed by atoms with Gasteiger partial charge < -0.3 is 20.5 Å². The van der Waals surface area contributed by atoms with Gasteiger partial charge in [0.1, 0.15) is 11.4 Å². The fourth-order valence-corrected chi connectivity index (χ4v) is 2.79. The Balaban J connectivity index is 1.73. The zero-order valence-corrected chi connectivity index (χ0v) is 15.1. The SMILES string of the molecule is CC(C)(C)OC(=O)N[C@H]1CC[C@H](COc2cncc(C(N)=O)c2)CC1. The van der Waals surface area contributed by atoms with Crippen LogP contribution in [0.2, 0.25) is 0 Å². The van der Waals surface area contributed by atoms with Crippen molar-refractivity contribution in [2.24, 2.45) is 11.7 Å². The number of nitrogens with one attached hydrogen (secondary N) is 1. The number of aromatic nitrogens is 1. The summed E-state index contributed by atoms with van der Waals surface area (Å²) in [5, 5.41) is 2.93. The summed E-state index contributed by atoms with van der Waals surface area (Å²) in [6.07, 6.45) is 6.35. The molecule has 1 aromatic rings. The van der Waals surface area contributed by atoms with Crippen LogP contribution in [0.5, 0.6) is 5.75 Å². The molecule has 2 rings (SSSR count). The van der Waals surface area contributed by atoms with Gasteiger partial charge in [0.2, 0.25) is 5.91 Å². The van der Waals surface area contributed by atoms with E-state index in [0.29, 0.717) is 23.8 Å². The number of rotatable bonds is 5. The number of hydrogen-bond donors (Lipinski definition) is 2. The van der Waals surface area contributed by atoms with Crippen molar-refractivity contribution in [2.75, 3.05) is 6.61 Å². The molecule has 0 aliphatic heterocycles. The molecule has 1 aromatic heterocycles. The Morgan fingerprint density at radius 2 is 1.92 bits per heavy atom. The van der Waals surface area contributed by atoms with Gasteiger partial charge in [0.05, 0.1) is 18.4 Å². The molecule has 25 heavy (non-hydrogen) atoms. The minimum atomic E-state index is -0.522.